The number of aliphatic hydroxyl groups is 3. The lowest BCUT2D eigenvalue weighted by atomic mass is 10.1. The van der Waals surface area contributed by atoms with Crippen molar-refractivity contribution in [1.29, 1.82) is 0 Å². The van der Waals surface area contributed by atoms with Gasteiger partial charge in [-0.25, -0.2) is 0 Å². The molecule has 6 N–H and O–H groups in total. The summed E-state index contributed by atoms with van der Waals surface area (Å²) in [5.41, 5.74) is 4.25. The predicted octanol–water partition coefficient (Wildman–Crippen LogP) is -1.05. The zero-order chi connectivity index (χ0) is 14.0. The van der Waals surface area contributed by atoms with Crippen molar-refractivity contribution >= 4 is 23.0 Å². The Balaban J connectivity index is 0. The Bertz CT molecular complexity index is 351. The fraction of sp³-hybridized carbons (Fsp3) is 0.400. The van der Waals surface area contributed by atoms with E-state index in [4.69, 9.17) is 26.3 Å². The molecule has 1 aromatic carbocycles. The summed E-state index contributed by atoms with van der Waals surface area (Å²) in [6.07, 6.45) is 0. The van der Waals surface area contributed by atoms with Gasteiger partial charge in [-0.15, -0.1) is 0 Å². The molecule has 0 unspecified atom stereocenters. The van der Waals surface area contributed by atoms with Crippen LogP contribution in [0.15, 0.2) is 35.6 Å². The Morgan fingerprint density at radius 3 is 1.79 bits per heavy atom. The van der Waals surface area contributed by atoms with Gasteiger partial charge in [-0.05, 0) is 4.86 Å². The molecule has 0 fully saturated rings. The van der Waals surface area contributed by atoms with Crippen molar-refractivity contribution < 1.29 is 25.4 Å². The fourth-order valence-electron chi connectivity index (χ4n) is 0.757. The van der Waals surface area contributed by atoms with Crippen LogP contribution in [0.25, 0.3) is 0 Å². The lowest BCUT2D eigenvalue weighted by molar-refractivity contribution is -0.473. The Morgan fingerprint density at radius 2 is 1.53 bits per heavy atom. The highest BCUT2D eigenvalue weighted by Crippen LogP contribution is 2.08. The third-order valence-electron chi connectivity index (χ3n) is 2.00. The zero-order valence-corrected chi connectivity index (χ0v) is 11.4. The molecule has 8 nitrogen and oxygen atoms in total. The highest BCUT2D eigenvalue weighted by Gasteiger charge is 2.20. The molecular formula is C10H17AlN3O5. The van der Waals surface area contributed by atoms with Crippen LogP contribution in [0.1, 0.15) is 0 Å². The topological polar surface area (TPSA) is 145 Å². The summed E-state index contributed by atoms with van der Waals surface area (Å²) in [6.45, 7) is -1.21. The minimum atomic E-state index is -1.21. The van der Waals surface area contributed by atoms with E-state index >= 15 is 0 Å². The average Bonchev–Trinajstić information content (AvgIpc) is 2.47. The Morgan fingerprint density at radius 1 is 1.11 bits per heavy atom. The van der Waals surface area contributed by atoms with Crippen LogP contribution < -0.4 is 5.73 Å². The molecular weight excluding hydrogens is 269 g/mol. The van der Waals surface area contributed by atoms with Crippen molar-refractivity contribution in [2.45, 2.75) is 5.54 Å². The summed E-state index contributed by atoms with van der Waals surface area (Å²) in [4.78, 5) is 0.139. The van der Waals surface area contributed by atoms with E-state index in [2.05, 4.69) is 5.28 Å². The van der Waals surface area contributed by atoms with Crippen molar-refractivity contribution in [3.05, 3.63) is 35.5 Å². The molecule has 1 aromatic rings. The van der Waals surface area contributed by atoms with Crippen LogP contribution in [-0.4, -0.2) is 68.1 Å². The van der Waals surface area contributed by atoms with Crippen molar-refractivity contribution in [3.63, 3.8) is 0 Å². The first kappa shape index (κ1) is 20.1. The largest absolute Gasteiger partial charge is 0.592 e. The van der Waals surface area contributed by atoms with Gasteiger partial charge in [0.2, 0.25) is 11.0 Å². The van der Waals surface area contributed by atoms with Gasteiger partial charge in [-0.1, -0.05) is 18.2 Å². The van der Waals surface area contributed by atoms with Gasteiger partial charge in [0.15, 0.2) is 0 Å². The van der Waals surface area contributed by atoms with Gasteiger partial charge in [0.05, 0.1) is 25.4 Å². The predicted molar refractivity (Wildman–Crippen MR) is 67.9 cm³/mol. The summed E-state index contributed by atoms with van der Waals surface area (Å²) >= 11 is 0. The van der Waals surface area contributed by atoms with Crippen molar-refractivity contribution in [2.24, 2.45) is 11.0 Å². The Kier molecular flexibility index (Phi) is 11.3. The highest BCUT2D eigenvalue weighted by molar-refractivity contribution is 5.75. The normalized spacial score (nSPS) is 11.1. The smallest absolute Gasteiger partial charge is 0.248 e. The molecule has 0 bridgehead atoms. The van der Waals surface area contributed by atoms with Gasteiger partial charge in [-0.2, -0.15) is 0 Å². The number of aliphatic hydroxyl groups excluding tert-OH is 3. The van der Waals surface area contributed by atoms with Crippen LogP contribution >= 0.6 is 0 Å². The second-order valence-electron chi connectivity index (χ2n) is 3.53. The first-order valence-corrected chi connectivity index (χ1v) is 5.01. The maximum absolute atomic E-state index is 10.5. The van der Waals surface area contributed by atoms with Crippen LogP contribution in [-0.2, 0) is 0 Å². The molecule has 9 heteroatoms. The Hall–Kier alpha value is -1.21. The molecule has 0 aliphatic carbocycles. The van der Waals surface area contributed by atoms with Gasteiger partial charge < -0.3 is 31.5 Å². The monoisotopic (exact) mass is 286 g/mol. The summed E-state index contributed by atoms with van der Waals surface area (Å²) in [5.74, 6) is 0. The lowest BCUT2D eigenvalue weighted by Gasteiger charge is -2.20. The number of nitrogens with zero attached hydrogens (tertiary/aromatic N) is 2. The minimum absolute atomic E-state index is 0. The maximum atomic E-state index is 10.5. The van der Waals surface area contributed by atoms with Gasteiger partial charge in [-0.3, -0.25) is 0 Å². The van der Waals surface area contributed by atoms with E-state index in [-0.39, 0.29) is 22.2 Å². The first-order chi connectivity index (χ1) is 8.52. The van der Waals surface area contributed by atoms with Crippen LogP contribution in [0, 0.1) is 5.21 Å². The molecule has 0 atom stereocenters. The molecule has 0 heterocycles. The zero-order valence-electron chi connectivity index (χ0n) is 10.3. The molecule has 0 amide bonds. The number of hydrogen-bond donors (Lipinski definition) is 5. The van der Waals surface area contributed by atoms with E-state index in [9.17, 15) is 5.21 Å². The third kappa shape index (κ3) is 7.74. The van der Waals surface area contributed by atoms with Crippen LogP contribution in [0.2, 0.25) is 0 Å². The van der Waals surface area contributed by atoms with Crippen LogP contribution in [0.3, 0.4) is 0 Å². The fourth-order valence-corrected chi connectivity index (χ4v) is 0.757. The van der Waals surface area contributed by atoms with E-state index in [1.165, 1.54) is 0 Å². The summed E-state index contributed by atoms with van der Waals surface area (Å²) in [5, 5.41) is 46.0. The molecule has 0 aliphatic rings. The summed E-state index contributed by atoms with van der Waals surface area (Å²) in [7, 11) is 0. The van der Waals surface area contributed by atoms with Crippen molar-refractivity contribution in [2.75, 3.05) is 19.8 Å². The molecule has 0 aromatic heterocycles. The number of hydrogen-bond acceptors (Lipinski definition) is 6. The average molecular weight is 286 g/mol. The second-order valence-corrected chi connectivity index (χ2v) is 3.53. The van der Waals surface area contributed by atoms with Gasteiger partial charge in [0.1, 0.15) is 0 Å². The third-order valence-corrected chi connectivity index (χ3v) is 2.00. The molecule has 0 aliphatic heterocycles. The van der Waals surface area contributed by atoms with E-state index in [1.807, 2.05) is 0 Å². The number of benzene rings is 1. The van der Waals surface area contributed by atoms with Crippen molar-refractivity contribution in [1.82, 2.24) is 0 Å². The van der Waals surface area contributed by atoms with Crippen molar-refractivity contribution in [3.8, 4) is 0 Å². The number of rotatable bonds is 4. The van der Waals surface area contributed by atoms with Gasteiger partial charge >= 0.3 is 0 Å². The first-order valence-electron chi connectivity index (χ1n) is 5.01. The number of nitrogens with two attached hydrogens (primary N) is 1. The quantitative estimate of drug-likeness (QED) is 0.207. The standard InChI is InChI=1S/C6H6N2O2.C4H11NO3.Al/c9-7-8(10)6-4-2-1-3-5-6;5-4(1-6,2-7)3-8;/h1-5,9H;6-8H,1-3,5H2;. The minimum Gasteiger partial charge on any atom is -0.592 e. The molecule has 0 spiro atoms. The molecule has 0 saturated carbocycles. The molecule has 0 saturated heterocycles. The Labute approximate surface area is 121 Å². The summed E-state index contributed by atoms with van der Waals surface area (Å²) < 4.78 is 0. The summed E-state index contributed by atoms with van der Waals surface area (Å²) in [6, 6.07) is 8.24. The van der Waals surface area contributed by atoms with E-state index in [1.54, 1.807) is 30.3 Å². The van der Waals surface area contributed by atoms with Crippen LogP contribution in [0.5, 0.6) is 0 Å². The van der Waals surface area contributed by atoms with E-state index < -0.39 is 25.4 Å². The molecule has 1 rings (SSSR count). The van der Waals surface area contributed by atoms with Gasteiger partial charge in [0.25, 0.3) is 0 Å². The molecule has 3 radical (unpaired) electrons. The number of para-hydroxylation sites is 1. The molecule has 19 heavy (non-hydrogen) atoms. The van der Waals surface area contributed by atoms with Crippen LogP contribution in [0.4, 0.5) is 5.69 Å². The lowest BCUT2D eigenvalue weighted by Crippen LogP contribution is -2.50. The maximum Gasteiger partial charge on any atom is 0.248 e. The van der Waals surface area contributed by atoms with E-state index in [0.29, 0.717) is 5.69 Å². The second kappa shape index (κ2) is 10.7. The highest BCUT2D eigenvalue weighted by atomic mass is 27.0. The SMILES string of the molecule is NC(CO)(CO)CO.[Al].[O-][N+](=NO)c1ccccc1. The molecule has 105 valence electrons. The van der Waals surface area contributed by atoms with Gasteiger partial charge in [0, 0.05) is 29.5 Å². The van der Waals surface area contributed by atoms with E-state index in [0.717, 1.165) is 0 Å².